The molecule has 0 saturated heterocycles. The lowest BCUT2D eigenvalue weighted by Gasteiger charge is -2.09. The van der Waals surface area contributed by atoms with Gasteiger partial charge >= 0.3 is 0 Å². The van der Waals surface area contributed by atoms with E-state index in [-0.39, 0.29) is 10.8 Å². The van der Waals surface area contributed by atoms with E-state index in [1.54, 1.807) is 6.20 Å². The van der Waals surface area contributed by atoms with Gasteiger partial charge in [0.15, 0.2) is 5.13 Å². The number of hydrogen-bond donors (Lipinski definition) is 2. The summed E-state index contributed by atoms with van der Waals surface area (Å²) in [4.78, 5) is 21.2. The van der Waals surface area contributed by atoms with Crippen molar-refractivity contribution in [2.24, 2.45) is 0 Å². The predicted octanol–water partition coefficient (Wildman–Crippen LogP) is 4.91. The van der Waals surface area contributed by atoms with Gasteiger partial charge < -0.3 is 0 Å². The molecule has 7 nitrogen and oxygen atoms in total. The molecule has 10 heteroatoms. The number of pyridine rings is 1. The number of amides is 1. The van der Waals surface area contributed by atoms with E-state index in [2.05, 4.69) is 20.0 Å². The van der Waals surface area contributed by atoms with E-state index < -0.39 is 10.0 Å². The van der Waals surface area contributed by atoms with Crippen molar-refractivity contribution in [1.29, 1.82) is 0 Å². The van der Waals surface area contributed by atoms with Gasteiger partial charge in [-0.3, -0.25) is 19.8 Å². The summed E-state index contributed by atoms with van der Waals surface area (Å²) in [6, 6.07) is 17.4. The zero-order chi connectivity index (χ0) is 21.8. The first-order valence-electron chi connectivity index (χ1n) is 8.97. The molecule has 2 aromatic carbocycles. The number of carbonyl (C=O) groups excluding carboxylic acids is 1. The topological polar surface area (TPSA) is 101 Å². The number of sulfonamides is 1. The number of anilines is 2. The highest BCUT2D eigenvalue weighted by Crippen LogP contribution is 2.24. The fourth-order valence-electron chi connectivity index (χ4n) is 2.65. The normalized spacial score (nSPS) is 11.1. The average Bonchev–Trinajstić information content (AvgIpc) is 3.23. The second kappa shape index (κ2) is 8.84. The van der Waals surface area contributed by atoms with Gasteiger partial charge in [-0.2, -0.15) is 0 Å². The molecule has 0 aliphatic rings. The summed E-state index contributed by atoms with van der Waals surface area (Å²) in [5, 5.41) is 5.44. The molecule has 0 atom stereocenters. The third-order valence-corrected chi connectivity index (χ3v) is 6.58. The van der Waals surface area contributed by atoms with Crippen molar-refractivity contribution in [3.63, 3.8) is 0 Å². The Bertz CT molecular complexity index is 1310. The number of hydrogen-bond acceptors (Lipinski definition) is 6. The van der Waals surface area contributed by atoms with Gasteiger partial charge in [0, 0.05) is 27.9 Å². The van der Waals surface area contributed by atoms with Gasteiger partial charge in [0.25, 0.3) is 15.9 Å². The highest BCUT2D eigenvalue weighted by Gasteiger charge is 2.15. The third kappa shape index (κ3) is 5.08. The molecule has 0 bridgehead atoms. The van der Waals surface area contributed by atoms with Gasteiger partial charge in [0.2, 0.25) is 0 Å². The molecule has 0 unspecified atom stereocenters. The lowest BCUT2D eigenvalue weighted by Crippen LogP contribution is -2.14. The van der Waals surface area contributed by atoms with Crippen LogP contribution >= 0.6 is 22.9 Å². The van der Waals surface area contributed by atoms with E-state index in [9.17, 15) is 13.2 Å². The van der Waals surface area contributed by atoms with E-state index in [1.165, 1.54) is 59.9 Å². The Labute approximate surface area is 187 Å². The van der Waals surface area contributed by atoms with Gasteiger partial charge in [-0.25, -0.2) is 13.4 Å². The standard InChI is InChI=1S/C21H15ClN4O3S2/c22-15-6-10-17(11-7-15)31(28,29)26-16-8-4-14(5-9-16)20(27)25-21-24-19(13-30-21)18-3-1-2-12-23-18/h1-13,26H,(H,24,25,27). The van der Waals surface area contributed by atoms with Crippen LogP contribution in [0.2, 0.25) is 5.02 Å². The molecular weight excluding hydrogens is 456 g/mol. The van der Waals surface area contributed by atoms with Crippen molar-refractivity contribution >= 4 is 49.7 Å². The molecule has 2 heterocycles. The molecule has 0 fully saturated rings. The summed E-state index contributed by atoms with van der Waals surface area (Å²) in [5.41, 5.74) is 2.09. The van der Waals surface area contributed by atoms with Gasteiger partial charge in [-0.1, -0.05) is 17.7 Å². The maximum absolute atomic E-state index is 12.5. The molecule has 31 heavy (non-hydrogen) atoms. The SMILES string of the molecule is O=C(Nc1nc(-c2ccccn2)cs1)c1ccc(NS(=O)(=O)c2ccc(Cl)cc2)cc1. The molecule has 2 aromatic heterocycles. The lowest BCUT2D eigenvalue weighted by atomic mass is 10.2. The number of benzene rings is 2. The van der Waals surface area contributed by atoms with E-state index in [0.717, 1.165) is 5.69 Å². The van der Waals surface area contributed by atoms with Crippen LogP contribution in [0, 0.1) is 0 Å². The van der Waals surface area contributed by atoms with Gasteiger partial charge in [-0.05, 0) is 60.7 Å². The predicted molar refractivity (Wildman–Crippen MR) is 122 cm³/mol. The van der Waals surface area contributed by atoms with Crippen LogP contribution in [0.15, 0.2) is 83.2 Å². The summed E-state index contributed by atoms with van der Waals surface area (Å²) in [6.45, 7) is 0. The molecule has 0 saturated carbocycles. The van der Waals surface area contributed by atoms with E-state index in [4.69, 9.17) is 11.6 Å². The Kier molecular flexibility index (Phi) is 5.99. The van der Waals surface area contributed by atoms with E-state index in [1.807, 2.05) is 23.6 Å². The molecule has 0 radical (unpaired) electrons. The number of nitrogens with zero attached hydrogens (tertiary/aromatic N) is 2. The molecule has 0 aliphatic heterocycles. The number of nitrogens with one attached hydrogen (secondary N) is 2. The Morgan fingerprint density at radius 1 is 0.935 bits per heavy atom. The summed E-state index contributed by atoms with van der Waals surface area (Å²) in [6.07, 6.45) is 1.68. The quantitative estimate of drug-likeness (QED) is 0.417. The molecule has 0 spiro atoms. The minimum atomic E-state index is -3.76. The van der Waals surface area contributed by atoms with Crippen molar-refractivity contribution in [3.05, 3.63) is 88.9 Å². The van der Waals surface area contributed by atoms with Crippen molar-refractivity contribution in [3.8, 4) is 11.4 Å². The minimum Gasteiger partial charge on any atom is -0.298 e. The second-order valence-corrected chi connectivity index (χ2v) is 9.32. The maximum atomic E-state index is 12.5. The van der Waals surface area contributed by atoms with Gasteiger partial charge in [-0.15, -0.1) is 11.3 Å². The molecule has 4 rings (SSSR count). The minimum absolute atomic E-state index is 0.0891. The number of carbonyl (C=O) groups is 1. The Morgan fingerprint density at radius 3 is 2.35 bits per heavy atom. The summed E-state index contributed by atoms with van der Waals surface area (Å²) >= 11 is 7.09. The first kappa shape index (κ1) is 21.0. The summed E-state index contributed by atoms with van der Waals surface area (Å²) < 4.78 is 27.4. The van der Waals surface area contributed by atoms with Crippen molar-refractivity contribution in [1.82, 2.24) is 9.97 Å². The first-order chi connectivity index (χ1) is 14.9. The van der Waals surface area contributed by atoms with Crippen LogP contribution < -0.4 is 10.0 Å². The van der Waals surface area contributed by atoms with Crippen LogP contribution in [0.25, 0.3) is 11.4 Å². The number of halogens is 1. The molecule has 1 amide bonds. The summed E-state index contributed by atoms with van der Waals surface area (Å²) in [7, 11) is -3.76. The Hall–Kier alpha value is -3.27. The molecule has 0 aliphatic carbocycles. The van der Waals surface area contributed by atoms with Gasteiger partial charge in [0.05, 0.1) is 10.6 Å². The zero-order valence-corrected chi connectivity index (χ0v) is 18.2. The molecule has 2 N–H and O–H groups in total. The fraction of sp³-hybridized carbons (Fsp3) is 0. The first-order valence-corrected chi connectivity index (χ1v) is 11.7. The van der Waals surface area contributed by atoms with Crippen LogP contribution in [-0.4, -0.2) is 24.3 Å². The monoisotopic (exact) mass is 470 g/mol. The lowest BCUT2D eigenvalue weighted by molar-refractivity contribution is 0.102. The van der Waals surface area contributed by atoms with Crippen LogP contribution in [-0.2, 0) is 10.0 Å². The summed E-state index contributed by atoms with van der Waals surface area (Å²) in [5.74, 6) is -0.353. The van der Waals surface area contributed by atoms with E-state index in [0.29, 0.717) is 27.1 Å². The fourth-order valence-corrected chi connectivity index (χ4v) is 4.53. The highest BCUT2D eigenvalue weighted by atomic mass is 35.5. The molecule has 156 valence electrons. The number of thiazole rings is 1. The van der Waals surface area contributed by atoms with Crippen LogP contribution in [0.5, 0.6) is 0 Å². The maximum Gasteiger partial charge on any atom is 0.261 e. The molecule has 4 aromatic rings. The Morgan fingerprint density at radius 2 is 1.68 bits per heavy atom. The smallest absolute Gasteiger partial charge is 0.261 e. The number of rotatable bonds is 6. The highest BCUT2D eigenvalue weighted by molar-refractivity contribution is 7.92. The molecular formula is C21H15ClN4O3S2. The van der Waals surface area contributed by atoms with Crippen LogP contribution in [0.1, 0.15) is 10.4 Å². The second-order valence-electron chi connectivity index (χ2n) is 6.34. The van der Waals surface area contributed by atoms with Crippen LogP contribution in [0.3, 0.4) is 0 Å². The zero-order valence-electron chi connectivity index (χ0n) is 15.8. The van der Waals surface area contributed by atoms with Crippen molar-refractivity contribution in [2.45, 2.75) is 4.90 Å². The van der Waals surface area contributed by atoms with E-state index >= 15 is 0 Å². The van der Waals surface area contributed by atoms with Crippen molar-refractivity contribution in [2.75, 3.05) is 10.0 Å². The third-order valence-electron chi connectivity index (χ3n) is 4.18. The largest absolute Gasteiger partial charge is 0.298 e. The Balaban J connectivity index is 1.43. The van der Waals surface area contributed by atoms with Crippen molar-refractivity contribution < 1.29 is 13.2 Å². The van der Waals surface area contributed by atoms with Crippen LogP contribution in [0.4, 0.5) is 10.8 Å². The average molecular weight is 471 g/mol. The van der Waals surface area contributed by atoms with Gasteiger partial charge in [0.1, 0.15) is 5.69 Å². The number of aromatic nitrogens is 2.